The van der Waals surface area contributed by atoms with Crippen LogP contribution in [0.5, 0.6) is 5.75 Å². The molecular weight excluding hydrogens is 452 g/mol. The number of aromatic carboxylic acids is 1. The van der Waals surface area contributed by atoms with Gasteiger partial charge in [-0.25, -0.2) is 9.78 Å². The van der Waals surface area contributed by atoms with E-state index in [1.165, 1.54) is 0 Å². The highest BCUT2D eigenvalue weighted by Gasteiger charge is 2.19. The maximum atomic E-state index is 12.3. The van der Waals surface area contributed by atoms with Gasteiger partial charge in [-0.3, -0.25) is 4.79 Å². The third-order valence-electron chi connectivity index (χ3n) is 6.33. The van der Waals surface area contributed by atoms with Gasteiger partial charge in [0, 0.05) is 19.4 Å². The van der Waals surface area contributed by atoms with Crippen molar-refractivity contribution in [3.63, 3.8) is 0 Å². The first-order valence-electron chi connectivity index (χ1n) is 12.5. The molecule has 0 fully saturated rings. The van der Waals surface area contributed by atoms with Crippen LogP contribution in [-0.2, 0) is 17.8 Å². The fourth-order valence-corrected chi connectivity index (χ4v) is 4.43. The van der Waals surface area contributed by atoms with Gasteiger partial charge < -0.3 is 14.4 Å². The molecule has 1 N–H and O–H groups in total. The predicted molar refractivity (Wildman–Crippen MR) is 142 cm³/mol. The average Bonchev–Trinajstić information content (AvgIpc) is 3.24. The van der Waals surface area contributed by atoms with Crippen LogP contribution in [0.2, 0.25) is 0 Å². The van der Waals surface area contributed by atoms with Gasteiger partial charge in [0.1, 0.15) is 11.3 Å². The molecule has 186 valence electrons. The number of carboxylic acid groups (broad SMARTS) is 1. The molecule has 36 heavy (non-hydrogen) atoms. The van der Waals surface area contributed by atoms with Crippen molar-refractivity contribution < 1.29 is 19.4 Å². The van der Waals surface area contributed by atoms with Crippen LogP contribution < -0.4 is 4.74 Å². The summed E-state index contributed by atoms with van der Waals surface area (Å²) in [4.78, 5) is 29.0. The minimum absolute atomic E-state index is 0.244. The second-order valence-corrected chi connectivity index (χ2v) is 9.07. The molecule has 0 aliphatic rings. The molecule has 0 bridgehead atoms. The Morgan fingerprint density at radius 3 is 2.42 bits per heavy atom. The topological polar surface area (TPSA) is 81.4 Å². The van der Waals surface area contributed by atoms with Crippen molar-refractivity contribution in [2.45, 2.75) is 59.4 Å². The number of aryl methyl sites for hydroxylation is 2. The summed E-state index contributed by atoms with van der Waals surface area (Å²) in [6, 6.07) is 18.8. The quantitative estimate of drug-likeness (QED) is 0.198. The van der Waals surface area contributed by atoms with E-state index < -0.39 is 5.97 Å². The molecule has 4 rings (SSSR count). The molecule has 0 atom stereocenters. The van der Waals surface area contributed by atoms with E-state index in [0.717, 1.165) is 59.2 Å². The fraction of sp³-hybridized carbons (Fsp3) is 0.300. The number of carbonyl (C=O) groups excluding carboxylic acids is 1. The molecule has 6 nitrogen and oxygen atoms in total. The maximum Gasteiger partial charge on any atom is 0.336 e. The van der Waals surface area contributed by atoms with Gasteiger partial charge in [-0.1, -0.05) is 68.8 Å². The molecule has 0 spiro atoms. The smallest absolute Gasteiger partial charge is 0.336 e. The molecule has 0 saturated heterocycles. The standard InChI is InChI=1S/C30H32N2O4/c1-4-6-12-26-31-28-20(3)13-18-25(36-27(33)9-5-2)29(28)32(26)19-21-14-16-22(17-15-21)23-10-7-8-11-24(23)30(34)35/h7-8,10-11,13-18H,4-6,9,12,19H2,1-3H3,(H,34,35). The predicted octanol–water partition coefficient (Wildman–Crippen LogP) is 6.81. The highest BCUT2D eigenvalue weighted by atomic mass is 16.5. The maximum absolute atomic E-state index is 12.3. The molecule has 4 aromatic rings. The Hall–Kier alpha value is -3.93. The van der Waals surface area contributed by atoms with Gasteiger partial charge in [0.15, 0.2) is 5.75 Å². The number of benzene rings is 3. The van der Waals surface area contributed by atoms with E-state index in [0.29, 0.717) is 24.3 Å². The van der Waals surface area contributed by atoms with Crippen molar-refractivity contribution in [3.05, 3.63) is 83.2 Å². The Morgan fingerprint density at radius 2 is 1.72 bits per heavy atom. The number of carboxylic acids is 1. The van der Waals surface area contributed by atoms with Crippen molar-refractivity contribution in [1.82, 2.24) is 9.55 Å². The zero-order chi connectivity index (χ0) is 25.7. The first kappa shape index (κ1) is 25.2. The largest absolute Gasteiger partial charge is 0.478 e. The number of hydrogen-bond acceptors (Lipinski definition) is 4. The molecule has 3 aromatic carbocycles. The number of unbranched alkanes of at least 4 members (excludes halogenated alkanes) is 1. The summed E-state index contributed by atoms with van der Waals surface area (Å²) in [5, 5.41) is 9.55. The van der Waals surface area contributed by atoms with Gasteiger partial charge in [0.25, 0.3) is 0 Å². The minimum Gasteiger partial charge on any atom is -0.478 e. The van der Waals surface area contributed by atoms with Gasteiger partial charge in [-0.15, -0.1) is 0 Å². The Morgan fingerprint density at radius 1 is 0.972 bits per heavy atom. The lowest BCUT2D eigenvalue weighted by molar-refractivity contribution is -0.134. The van der Waals surface area contributed by atoms with E-state index in [1.807, 2.05) is 62.4 Å². The Kier molecular flexibility index (Phi) is 7.84. The zero-order valence-corrected chi connectivity index (χ0v) is 21.1. The van der Waals surface area contributed by atoms with Gasteiger partial charge in [-0.2, -0.15) is 0 Å². The monoisotopic (exact) mass is 484 g/mol. The fourth-order valence-electron chi connectivity index (χ4n) is 4.43. The molecule has 6 heteroatoms. The minimum atomic E-state index is -0.944. The molecule has 1 heterocycles. The number of hydrogen-bond donors (Lipinski definition) is 1. The number of rotatable bonds is 10. The number of nitrogens with zero attached hydrogens (tertiary/aromatic N) is 2. The van der Waals surface area contributed by atoms with Crippen molar-refractivity contribution in [1.29, 1.82) is 0 Å². The highest BCUT2D eigenvalue weighted by Crippen LogP contribution is 2.32. The van der Waals surface area contributed by atoms with Crippen LogP contribution in [0.1, 0.15) is 66.8 Å². The Labute approximate surface area is 211 Å². The van der Waals surface area contributed by atoms with Crippen LogP contribution in [0, 0.1) is 6.92 Å². The van der Waals surface area contributed by atoms with Crippen LogP contribution in [0.3, 0.4) is 0 Å². The van der Waals surface area contributed by atoms with Crippen molar-refractivity contribution in [3.8, 4) is 16.9 Å². The summed E-state index contributed by atoms with van der Waals surface area (Å²) in [5.74, 6) is 0.318. The van der Waals surface area contributed by atoms with Crippen LogP contribution in [0.25, 0.3) is 22.2 Å². The third-order valence-corrected chi connectivity index (χ3v) is 6.33. The molecular formula is C30H32N2O4. The highest BCUT2D eigenvalue weighted by molar-refractivity contribution is 5.96. The molecule has 0 aliphatic carbocycles. The normalized spacial score (nSPS) is 11.1. The lowest BCUT2D eigenvalue weighted by Gasteiger charge is -2.13. The average molecular weight is 485 g/mol. The van der Waals surface area contributed by atoms with Gasteiger partial charge in [0.2, 0.25) is 0 Å². The molecule has 0 saturated carbocycles. The molecule has 0 amide bonds. The Balaban J connectivity index is 1.74. The van der Waals surface area contributed by atoms with Crippen molar-refractivity contribution in [2.24, 2.45) is 0 Å². The summed E-state index contributed by atoms with van der Waals surface area (Å²) in [6.07, 6.45) is 3.99. The number of esters is 1. The van der Waals surface area contributed by atoms with Gasteiger partial charge >= 0.3 is 11.9 Å². The van der Waals surface area contributed by atoms with E-state index in [9.17, 15) is 14.7 Å². The Bertz CT molecular complexity index is 1390. The first-order valence-corrected chi connectivity index (χ1v) is 12.5. The van der Waals surface area contributed by atoms with Crippen LogP contribution in [0.4, 0.5) is 0 Å². The number of carbonyl (C=O) groups is 2. The van der Waals surface area contributed by atoms with Crippen LogP contribution >= 0.6 is 0 Å². The second kappa shape index (κ2) is 11.2. The molecule has 1 aromatic heterocycles. The first-order chi connectivity index (χ1) is 17.4. The zero-order valence-electron chi connectivity index (χ0n) is 21.1. The van der Waals surface area contributed by atoms with Gasteiger partial charge in [-0.05, 0) is 54.2 Å². The number of imidazole rings is 1. The van der Waals surface area contributed by atoms with Crippen molar-refractivity contribution >= 4 is 23.0 Å². The second-order valence-electron chi connectivity index (χ2n) is 9.07. The molecule has 0 unspecified atom stereocenters. The summed E-state index contributed by atoms with van der Waals surface area (Å²) in [7, 11) is 0. The lowest BCUT2D eigenvalue weighted by atomic mass is 9.98. The summed E-state index contributed by atoms with van der Waals surface area (Å²) in [6.45, 7) is 6.70. The molecule has 0 radical (unpaired) electrons. The van der Waals surface area contributed by atoms with Crippen molar-refractivity contribution in [2.75, 3.05) is 0 Å². The molecule has 0 aliphatic heterocycles. The van der Waals surface area contributed by atoms with E-state index in [-0.39, 0.29) is 11.5 Å². The number of fused-ring (bicyclic) bond motifs is 1. The third kappa shape index (κ3) is 5.33. The van der Waals surface area contributed by atoms with E-state index in [1.54, 1.807) is 12.1 Å². The van der Waals surface area contributed by atoms with E-state index in [2.05, 4.69) is 11.5 Å². The SMILES string of the molecule is CCCCc1nc2c(C)ccc(OC(=O)CCC)c2n1Cc1ccc(-c2ccccc2C(=O)O)cc1. The summed E-state index contributed by atoms with van der Waals surface area (Å²) < 4.78 is 7.94. The van der Waals surface area contributed by atoms with E-state index in [4.69, 9.17) is 9.72 Å². The van der Waals surface area contributed by atoms with Crippen LogP contribution in [0.15, 0.2) is 60.7 Å². The van der Waals surface area contributed by atoms with Gasteiger partial charge in [0.05, 0.1) is 11.1 Å². The number of aromatic nitrogens is 2. The van der Waals surface area contributed by atoms with Crippen LogP contribution in [-0.4, -0.2) is 26.6 Å². The lowest BCUT2D eigenvalue weighted by Crippen LogP contribution is -2.10. The number of ether oxygens (including phenoxy) is 1. The van der Waals surface area contributed by atoms with E-state index >= 15 is 0 Å². The summed E-state index contributed by atoms with van der Waals surface area (Å²) in [5.41, 5.74) is 5.60. The summed E-state index contributed by atoms with van der Waals surface area (Å²) >= 11 is 0.